The first-order valence-corrected chi connectivity index (χ1v) is 7.75. The van der Waals surface area contributed by atoms with Crippen LogP contribution in [0.2, 0.25) is 0 Å². The van der Waals surface area contributed by atoms with E-state index in [9.17, 15) is 4.39 Å². The first-order chi connectivity index (χ1) is 9.69. The number of rotatable bonds is 9. The molecule has 0 saturated heterocycles. The predicted molar refractivity (Wildman–Crippen MR) is 82.7 cm³/mol. The summed E-state index contributed by atoms with van der Waals surface area (Å²) in [7, 11) is 1.51. The van der Waals surface area contributed by atoms with Gasteiger partial charge >= 0.3 is 0 Å². The van der Waals surface area contributed by atoms with Crippen LogP contribution in [0.4, 0.5) is 4.39 Å². The second kappa shape index (κ2) is 8.96. The zero-order valence-corrected chi connectivity index (χ0v) is 13.2. The van der Waals surface area contributed by atoms with Gasteiger partial charge in [0.1, 0.15) is 0 Å². The highest BCUT2D eigenvalue weighted by Crippen LogP contribution is 2.33. The second-order valence-corrected chi connectivity index (χ2v) is 5.24. The van der Waals surface area contributed by atoms with E-state index in [2.05, 4.69) is 26.1 Å². The largest absolute Gasteiger partial charge is 0.494 e. The van der Waals surface area contributed by atoms with Crippen molar-refractivity contribution >= 4 is 0 Å². The Bertz CT molecular complexity index is 389. The molecule has 0 spiro atoms. The van der Waals surface area contributed by atoms with Gasteiger partial charge < -0.3 is 10.1 Å². The van der Waals surface area contributed by atoms with Crippen LogP contribution >= 0.6 is 0 Å². The van der Waals surface area contributed by atoms with E-state index in [0.29, 0.717) is 11.7 Å². The Labute approximate surface area is 122 Å². The lowest BCUT2D eigenvalue weighted by molar-refractivity contribution is 0.307. The number of hydrogen-bond donors (Lipinski definition) is 1. The second-order valence-electron chi connectivity index (χ2n) is 5.24. The minimum atomic E-state index is -0.224. The predicted octanol–water partition coefficient (Wildman–Crippen LogP) is 4.70. The van der Waals surface area contributed by atoms with Gasteiger partial charge in [0.2, 0.25) is 0 Å². The first-order valence-electron chi connectivity index (χ1n) is 7.75. The molecule has 0 radical (unpaired) electrons. The van der Waals surface area contributed by atoms with Crippen molar-refractivity contribution in [3.8, 4) is 5.75 Å². The summed E-state index contributed by atoms with van der Waals surface area (Å²) in [4.78, 5) is 0. The molecule has 114 valence electrons. The molecule has 0 amide bonds. The molecular weight excluding hydrogens is 253 g/mol. The average molecular weight is 281 g/mol. The zero-order chi connectivity index (χ0) is 15.0. The van der Waals surface area contributed by atoms with Crippen molar-refractivity contribution in [2.45, 2.75) is 52.5 Å². The molecule has 0 aliphatic rings. The lowest BCUT2D eigenvalue weighted by Crippen LogP contribution is -2.29. The Balaban J connectivity index is 3.10. The minimum Gasteiger partial charge on any atom is -0.494 e. The van der Waals surface area contributed by atoms with E-state index in [-0.39, 0.29) is 11.9 Å². The molecular formula is C17H28FNO. The standard InChI is InChI=1S/C17H28FNO/c1-5-9-13(10-6-2)17(19-7-3)14-11-8-12-15(20-4)16(14)18/h8,11-13,17,19H,5-7,9-10H2,1-4H3. The van der Waals surface area contributed by atoms with E-state index in [1.165, 1.54) is 7.11 Å². The third-order valence-electron chi connectivity index (χ3n) is 3.76. The van der Waals surface area contributed by atoms with Crippen LogP contribution in [0, 0.1) is 11.7 Å². The molecule has 2 nitrogen and oxygen atoms in total. The van der Waals surface area contributed by atoms with Crippen molar-refractivity contribution in [2.24, 2.45) is 5.92 Å². The van der Waals surface area contributed by atoms with Crippen molar-refractivity contribution in [2.75, 3.05) is 13.7 Å². The van der Waals surface area contributed by atoms with Gasteiger partial charge in [-0.25, -0.2) is 4.39 Å². The van der Waals surface area contributed by atoms with Gasteiger partial charge in [-0.2, -0.15) is 0 Å². The first kappa shape index (κ1) is 17.0. The Hall–Kier alpha value is -1.09. The summed E-state index contributed by atoms with van der Waals surface area (Å²) in [5, 5.41) is 3.47. The van der Waals surface area contributed by atoms with Crippen molar-refractivity contribution in [1.82, 2.24) is 5.32 Å². The topological polar surface area (TPSA) is 21.3 Å². The molecule has 1 aromatic carbocycles. The fourth-order valence-electron chi connectivity index (χ4n) is 2.90. The highest BCUT2D eigenvalue weighted by Gasteiger charge is 2.25. The maximum absolute atomic E-state index is 14.5. The van der Waals surface area contributed by atoms with Crippen molar-refractivity contribution in [1.29, 1.82) is 0 Å². The van der Waals surface area contributed by atoms with Gasteiger partial charge in [0.25, 0.3) is 0 Å². The Morgan fingerprint density at radius 3 is 2.30 bits per heavy atom. The highest BCUT2D eigenvalue weighted by atomic mass is 19.1. The number of methoxy groups -OCH3 is 1. The average Bonchev–Trinajstić information content (AvgIpc) is 2.45. The zero-order valence-electron chi connectivity index (χ0n) is 13.2. The van der Waals surface area contributed by atoms with Crippen molar-refractivity contribution in [3.63, 3.8) is 0 Å². The number of nitrogens with one attached hydrogen (secondary N) is 1. The summed E-state index contributed by atoms with van der Waals surface area (Å²) in [6.07, 6.45) is 4.47. The van der Waals surface area contributed by atoms with Gasteiger partial charge in [-0.3, -0.25) is 0 Å². The molecule has 1 unspecified atom stereocenters. The summed E-state index contributed by atoms with van der Waals surface area (Å²) in [6, 6.07) is 5.49. The maximum atomic E-state index is 14.5. The van der Waals surface area contributed by atoms with Gasteiger partial charge in [0.15, 0.2) is 11.6 Å². The van der Waals surface area contributed by atoms with E-state index in [1.807, 2.05) is 12.1 Å². The number of benzene rings is 1. The van der Waals surface area contributed by atoms with Crippen LogP contribution in [0.1, 0.15) is 58.1 Å². The number of ether oxygens (including phenoxy) is 1. The van der Waals surface area contributed by atoms with Gasteiger partial charge in [-0.15, -0.1) is 0 Å². The molecule has 1 N–H and O–H groups in total. The van der Waals surface area contributed by atoms with Gasteiger partial charge in [-0.05, 0) is 31.4 Å². The Kier molecular flexibility index (Phi) is 7.60. The summed E-state index contributed by atoms with van der Waals surface area (Å²) < 4.78 is 19.6. The molecule has 0 fully saturated rings. The van der Waals surface area contributed by atoms with Crippen LogP contribution in [0.15, 0.2) is 18.2 Å². The number of halogens is 1. The van der Waals surface area contributed by atoms with Gasteiger partial charge in [0, 0.05) is 11.6 Å². The van der Waals surface area contributed by atoms with Crippen LogP contribution in [0.3, 0.4) is 0 Å². The van der Waals surface area contributed by atoms with Gasteiger partial charge in [0.05, 0.1) is 7.11 Å². The molecule has 0 aliphatic carbocycles. The molecule has 3 heteroatoms. The van der Waals surface area contributed by atoms with Crippen LogP contribution in [-0.2, 0) is 0 Å². The number of hydrogen-bond acceptors (Lipinski definition) is 2. The smallest absolute Gasteiger partial charge is 0.169 e. The molecule has 0 aromatic heterocycles. The normalized spacial score (nSPS) is 12.7. The molecule has 1 rings (SSSR count). The molecule has 0 aliphatic heterocycles. The van der Waals surface area contributed by atoms with Crippen LogP contribution in [0.5, 0.6) is 5.75 Å². The SMILES string of the molecule is CCCC(CCC)C(NCC)c1cccc(OC)c1F. The van der Waals surface area contributed by atoms with Crippen molar-refractivity contribution in [3.05, 3.63) is 29.6 Å². The fraction of sp³-hybridized carbons (Fsp3) is 0.647. The summed E-state index contributed by atoms with van der Waals surface area (Å²) >= 11 is 0. The molecule has 20 heavy (non-hydrogen) atoms. The lowest BCUT2D eigenvalue weighted by Gasteiger charge is -2.28. The third-order valence-corrected chi connectivity index (χ3v) is 3.76. The highest BCUT2D eigenvalue weighted by molar-refractivity contribution is 5.33. The van der Waals surface area contributed by atoms with E-state index in [1.54, 1.807) is 6.07 Å². The van der Waals surface area contributed by atoms with Crippen LogP contribution in [0.25, 0.3) is 0 Å². The van der Waals surface area contributed by atoms with Crippen LogP contribution in [-0.4, -0.2) is 13.7 Å². The quantitative estimate of drug-likeness (QED) is 0.708. The molecule has 0 heterocycles. The Morgan fingerprint density at radius 1 is 1.15 bits per heavy atom. The fourth-order valence-corrected chi connectivity index (χ4v) is 2.90. The molecule has 1 atom stereocenters. The van der Waals surface area contributed by atoms with E-state index < -0.39 is 0 Å². The third kappa shape index (κ3) is 4.20. The van der Waals surface area contributed by atoms with E-state index in [4.69, 9.17) is 4.74 Å². The monoisotopic (exact) mass is 281 g/mol. The van der Waals surface area contributed by atoms with Gasteiger partial charge in [-0.1, -0.05) is 45.7 Å². The van der Waals surface area contributed by atoms with E-state index >= 15 is 0 Å². The summed E-state index contributed by atoms with van der Waals surface area (Å²) in [6.45, 7) is 7.28. The molecule has 0 bridgehead atoms. The van der Waals surface area contributed by atoms with Crippen molar-refractivity contribution < 1.29 is 9.13 Å². The lowest BCUT2D eigenvalue weighted by atomic mass is 9.85. The van der Waals surface area contributed by atoms with Crippen LogP contribution < -0.4 is 10.1 Å². The van der Waals surface area contributed by atoms with E-state index in [0.717, 1.165) is 37.8 Å². The minimum absolute atomic E-state index is 0.0648. The Morgan fingerprint density at radius 2 is 1.80 bits per heavy atom. The summed E-state index contributed by atoms with van der Waals surface area (Å²) in [5.41, 5.74) is 0.734. The maximum Gasteiger partial charge on any atom is 0.169 e. The molecule has 1 aromatic rings. The molecule has 0 saturated carbocycles. The summed E-state index contributed by atoms with van der Waals surface area (Å²) in [5.74, 6) is 0.571.